The molecule has 2 heterocycles. The minimum Gasteiger partial charge on any atom is -0.493 e. The summed E-state index contributed by atoms with van der Waals surface area (Å²) in [6.45, 7) is 10.2. The highest BCUT2D eigenvalue weighted by Crippen LogP contribution is 2.40. The Hall–Kier alpha value is -2.19. The van der Waals surface area contributed by atoms with Gasteiger partial charge in [0.05, 0.1) is 19.8 Å². The fraction of sp³-hybridized carbons (Fsp3) is 0.632. The highest BCUT2D eigenvalue weighted by molar-refractivity contribution is 5.49. The second kappa shape index (κ2) is 7.82. The number of aromatic nitrogens is 4. The molecular formula is C19H30N6O2. The van der Waals surface area contributed by atoms with E-state index in [0.29, 0.717) is 5.75 Å². The maximum Gasteiger partial charge on any atom is 0.173 e. The standard InChI is InChI=1S/C19H30N6O2/c1-19(2,3)25-18(20-21-22-25)16(24-12-10-23(4)11-13-24)14-8-7-9-15(26-5)17(14)27-6/h7-9,16H,10-13H2,1-6H3. The minimum atomic E-state index is -0.226. The zero-order valence-electron chi connectivity index (χ0n) is 17.1. The van der Waals surface area contributed by atoms with Crippen LogP contribution in [-0.4, -0.2) is 77.5 Å². The highest BCUT2D eigenvalue weighted by Gasteiger charge is 2.35. The number of benzene rings is 1. The lowest BCUT2D eigenvalue weighted by Gasteiger charge is -2.38. The van der Waals surface area contributed by atoms with E-state index >= 15 is 0 Å². The van der Waals surface area contributed by atoms with E-state index in [-0.39, 0.29) is 11.6 Å². The largest absolute Gasteiger partial charge is 0.493 e. The van der Waals surface area contributed by atoms with Crippen LogP contribution in [-0.2, 0) is 5.54 Å². The Bertz CT molecular complexity index is 762. The first kappa shape index (κ1) is 19.6. The van der Waals surface area contributed by atoms with Crippen molar-refractivity contribution in [1.29, 1.82) is 0 Å². The first-order valence-corrected chi connectivity index (χ1v) is 9.29. The molecule has 0 spiro atoms. The van der Waals surface area contributed by atoms with Gasteiger partial charge in [-0.05, 0) is 44.3 Å². The van der Waals surface area contributed by atoms with Gasteiger partial charge in [-0.2, -0.15) is 0 Å². The Labute approximate surface area is 161 Å². The Morgan fingerprint density at radius 1 is 1.04 bits per heavy atom. The average Bonchev–Trinajstić information content (AvgIpc) is 3.13. The number of tetrazole rings is 1. The van der Waals surface area contributed by atoms with E-state index in [1.54, 1.807) is 14.2 Å². The summed E-state index contributed by atoms with van der Waals surface area (Å²) >= 11 is 0. The third kappa shape index (κ3) is 3.91. The fourth-order valence-electron chi connectivity index (χ4n) is 3.55. The molecule has 8 heteroatoms. The first-order chi connectivity index (χ1) is 12.9. The van der Waals surface area contributed by atoms with Crippen LogP contribution in [0, 0.1) is 0 Å². The molecule has 1 unspecified atom stereocenters. The van der Waals surface area contributed by atoms with Gasteiger partial charge < -0.3 is 14.4 Å². The van der Waals surface area contributed by atoms with E-state index in [4.69, 9.17) is 9.47 Å². The number of hydrogen-bond donors (Lipinski definition) is 0. The van der Waals surface area contributed by atoms with Gasteiger partial charge in [0, 0.05) is 31.7 Å². The minimum absolute atomic E-state index is 0.113. The Kier molecular flexibility index (Phi) is 5.67. The molecule has 27 heavy (non-hydrogen) atoms. The number of piperazine rings is 1. The Morgan fingerprint density at radius 2 is 1.74 bits per heavy atom. The monoisotopic (exact) mass is 374 g/mol. The summed E-state index contributed by atoms with van der Waals surface area (Å²) in [6, 6.07) is 5.87. The lowest BCUT2D eigenvalue weighted by atomic mass is 10.00. The molecular weight excluding hydrogens is 344 g/mol. The molecule has 1 aromatic carbocycles. The molecule has 148 valence electrons. The van der Waals surface area contributed by atoms with E-state index in [0.717, 1.165) is 43.3 Å². The number of methoxy groups -OCH3 is 2. The molecule has 0 N–H and O–H groups in total. The van der Waals surface area contributed by atoms with E-state index in [1.165, 1.54) is 0 Å². The topological polar surface area (TPSA) is 68.5 Å². The van der Waals surface area contributed by atoms with Crippen molar-refractivity contribution in [3.05, 3.63) is 29.6 Å². The summed E-state index contributed by atoms with van der Waals surface area (Å²) in [5, 5.41) is 12.7. The lowest BCUT2D eigenvalue weighted by molar-refractivity contribution is 0.117. The van der Waals surface area contributed by atoms with Gasteiger partial charge in [0.1, 0.15) is 6.04 Å². The quantitative estimate of drug-likeness (QED) is 0.790. The zero-order chi connectivity index (χ0) is 19.6. The number of rotatable bonds is 5. The summed E-state index contributed by atoms with van der Waals surface area (Å²) in [5.74, 6) is 2.26. The fourth-order valence-corrected chi connectivity index (χ4v) is 3.55. The number of hydrogen-bond acceptors (Lipinski definition) is 7. The molecule has 0 saturated carbocycles. The Balaban J connectivity index is 2.14. The smallest absolute Gasteiger partial charge is 0.173 e. The molecule has 8 nitrogen and oxygen atoms in total. The molecule has 0 aliphatic carbocycles. The second-order valence-electron chi connectivity index (χ2n) is 7.94. The van der Waals surface area contributed by atoms with Crippen LogP contribution in [0.5, 0.6) is 11.5 Å². The van der Waals surface area contributed by atoms with Crippen LogP contribution in [0.25, 0.3) is 0 Å². The van der Waals surface area contributed by atoms with Crippen molar-refractivity contribution in [1.82, 2.24) is 30.0 Å². The van der Waals surface area contributed by atoms with Crippen LogP contribution in [0.3, 0.4) is 0 Å². The third-order valence-electron chi connectivity index (χ3n) is 5.00. The van der Waals surface area contributed by atoms with E-state index in [1.807, 2.05) is 16.8 Å². The molecule has 1 aliphatic heterocycles. The van der Waals surface area contributed by atoms with E-state index < -0.39 is 0 Å². The van der Waals surface area contributed by atoms with Gasteiger partial charge in [-0.3, -0.25) is 4.90 Å². The van der Waals surface area contributed by atoms with Gasteiger partial charge in [0.25, 0.3) is 0 Å². The highest BCUT2D eigenvalue weighted by atomic mass is 16.5. The summed E-state index contributed by atoms with van der Waals surface area (Å²) in [7, 11) is 5.48. The van der Waals surface area contributed by atoms with Crippen LogP contribution in [0.1, 0.15) is 38.2 Å². The van der Waals surface area contributed by atoms with Crippen LogP contribution in [0.15, 0.2) is 18.2 Å². The molecule has 1 aliphatic rings. The predicted molar refractivity (Wildman–Crippen MR) is 103 cm³/mol. The van der Waals surface area contributed by atoms with Gasteiger partial charge in [-0.1, -0.05) is 12.1 Å². The summed E-state index contributed by atoms with van der Waals surface area (Å²) in [6.07, 6.45) is 0. The SMILES string of the molecule is COc1cccc(C(c2nnnn2C(C)(C)C)N2CCN(C)CC2)c1OC. The van der Waals surface area contributed by atoms with Crippen molar-refractivity contribution in [3.8, 4) is 11.5 Å². The first-order valence-electron chi connectivity index (χ1n) is 9.29. The average molecular weight is 374 g/mol. The van der Waals surface area contributed by atoms with Crippen molar-refractivity contribution in [3.63, 3.8) is 0 Å². The van der Waals surface area contributed by atoms with Gasteiger partial charge in [0.15, 0.2) is 17.3 Å². The summed E-state index contributed by atoms with van der Waals surface area (Å²) < 4.78 is 13.2. The molecule has 0 radical (unpaired) electrons. The molecule has 2 aromatic rings. The van der Waals surface area contributed by atoms with E-state index in [2.05, 4.69) is 59.2 Å². The molecule has 1 saturated heterocycles. The maximum absolute atomic E-state index is 5.74. The predicted octanol–water partition coefficient (Wildman–Crippen LogP) is 1.78. The normalized spacial score (nSPS) is 17.7. The number of para-hydroxylation sites is 1. The maximum atomic E-state index is 5.74. The number of ether oxygens (including phenoxy) is 2. The third-order valence-corrected chi connectivity index (χ3v) is 5.00. The van der Waals surface area contributed by atoms with Gasteiger partial charge in [-0.15, -0.1) is 5.10 Å². The number of nitrogens with zero attached hydrogens (tertiary/aromatic N) is 6. The molecule has 1 atom stereocenters. The van der Waals surface area contributed by atoms with Gasteiger partial charge >= 0.3 is 0 Å². The summed E-state index contributed by atoms with van der Waals surface area (Å²) in [5.41, 5.74) is 0.789. The van der Waals surface area contributed by atoms with E-state index in [9.17, 15) is 0 Å². The van der Waals surface area contributed by atoms with Gasteiger partial charge in [0.2, 0.25) is 0 Å². The molecule has 1 fully saturated rings. The second-order valence-corrected chi connectivity index (χ2v) is 7.94. The van der Waals surface area contributed by atoms with Crippen molar-refractivity contribution in [2.45, 2.75) is 32.4 Å². The van der Waals surface area contributed by atoms with Crippen LogP contribution in [0.2, 0.25) is 0 Å². The van der Waals surface area contributed by atoms with Gasteiger partial charge in [-0.25, -0.2) is 4.68 Å². The number of likely N-dealkylation sites (N-methyl/N-ethyl adjacent to an activating group) is 1. The molecule has 1 aromatic heterocycles. The van der Waals surface area contributed by atoms with Crippen LogP contribution in [0.4, 0.5) is 0 Å². The van der Waals surface area contributed by atoms with Crippen LogP contribution < -0.4 is 9.47 Å². The molecule has 0 amide bonds. The summed E-state index contributed by atoms with van der Waals surface area (Å²) in [4.78, 5) is 4.76. The Morgan fingerprint density at radius 3 is 2.33 bits per heavy atom. The van der Waals surface area contributed by atoms with Crippen molar-refractivity contribution in [2.24, 2.45) is 0 Å². The lowest BCUT2D eigenvalue weighted by Crippen LogP contribution is -2.47. The molecule has 0 bridgehead atoms. The van der Waals surface area contributed by atoms with Crippen LogP contribution >= 0.6 is 0 Å². The zero-order valence-corrected chi connectivity index (χ0v) is 17.1. The van der Waals surface area contributed by atoms with Crippen molar-refractivity contribution in [2.75, 3.05) is 47.4 Å². The van der Waals surface area contributed by atoms with Crippen molar-refractivity contribution < 1.29 is 9.47 Å². The van der Waals surface area contributed by atoms with Crippen molar-refractivity contribution >= 4 is 0 Å². The molecule has 3 rings (SSSR count).